The number of aryl methyl sites for hydroxylation is 2. The number of anilines is 1. The molecule has 0 radical (unpaired) electrons. The number of primary amides is 1. The molecule has 0 bridgehead atoms. The second-order valence-corrected chi connectivity index (χ2v) is 6.95. The predicted octanol–water partition coefficient (Wildman–Crippen LogP) is 2.01. The maximum absolute atomic E-state index is 12.7. The minimum absolute atomic E-state index is 0.00611. The summed E-state index contributed by atoms with van der Waals surface area (Å²) >= 11 is 0. The summed E-state index contributed by atoms with van der Waals surface area (Å²) in [5, 5.41) is 1.57. The van der Waals surface area contributed by atoms with Crippen molar-refractivity contribution in [3.63, 3.8) is 0 Å². The van der Waals surface area contributed by atoms with Gasteiger partial charge in [-0.15, -0.1) is 0 Å². The summed E-state index contributed by atoms with van der Waals surface area (Å²) < 4.78 is 0. The molecule has 0 atom stereocenters. The highest BCUT2D eigenvalue weighted by atomic mass is 16.2. The van der Waals surface area contributed by atoms with Crippen molar-refractivity contribution in [1.29, 1.82) is 0 Å². The van der Waals surface area contributed by atoms with Crippen LogP contribution in [0.25, 0.3) is 0 Å². The summed E-state index contributed by atoms with van der Waals surface area (Å²) in [5.74, 6) is 0.0613. The first-order chi connectivity index (χ1) is 12.4. The van der Waals surface area contributed by atoms with E-state index in [4.69, 9.17) is 0 Å². The molecule has 136 valence electrons. The summed E-state index contributed by atoms with van der Waals surface area (Å²) in [5.41, 5.74) is 5.30. The third kappa shape index (κ3) is 4.11. The second kappa shape index (κ2) is 7.70. The summed E-state index contributed by atoms with van der Waals surface area (Å²) in [7, 11) is 0. The van der Waals surface area contributed by atoms with Crippen molar-refractivity contribution in [1.82, 2.24) is 4.90 Å². The summed E-state index contributed by atoms with van der Waals surface area (Å²) in [4.78, 5) is 28.1. The van der Waals surface area contributed by atoms with E-state index in [1.807, 2.05) is 17.0 Å². The van der Waals surface area contributed by atoms with Crippen molar-refractivity contribution in [2.45, 2.75) is 20.8 Å². The lowest BCUT2D eigenvalue weighted by Crippen LogP contribution is -2.81. The van der Waals surface area contributed by atoms with Gasteiger partial charge >= 0.3 is 5.91 Å². The number of quaternary nitrogens is 1. The largest absolute Gasteiger partial charge is 0.368 e. The first kappa shape index (κ1) is 18.1. The van der Waals surface area contributed by atoms with Gasteiger partial charge in [0.1, 0.15) is 5.69 Å². The van der Waals surface area contributed by atoms with Crippen LogP contribution in [-0.4, -0.2) is 42.9 Å². The molecule has 5 nitrogen and oxygen atoms in total. The Balaban J connectivity index is 1.62. The predicted molar refractivity (Wildman–Crippen MR) is 103 cm³/mol. The van der Waals surface area contributed by atoms with E-state index in [-0.39, 0.29) is 11.8 Å². The minimum Gasteiger partial charge on any atom is -0.368 e. The van der Waals surface area contributed by atoms with Gasteiger partial charge in [-0.1, -0.05) is 17.7 Å². The van der Waals surface area contributed by atoms with Crippen LogP contribution >= 0.6 is 0 Å². The number of carbonyl (C=O) groups is 2. The first-order valence-electron chi connectivity index (χ1n) is 9.01. The van der Waals surface area contributed by atoms with E-state index in [2.05, 4.69) is 36.9 Å². The van der Waals surface area contributed by atoms with E-state index in [1.54, 1.807) is 17.4 Å². The second-order valence-electron chi connectivity index (χ2n) is 6.95. The Hall–Kier alpha value is -2.66. The molecular weight excluding hydrogens is 326 g/mol. The highest BCUT2D eigenvalue weighted by Gasteiger charge is 2.23. The van der Waals surface area contributed by atoms with Gasteiger partial charge in [0.2, 0.25) is 0 Å². The average Bonchev–Trinajstić information content (AvgIpc) is 2.61. The molecule has 2 aromatic carbocycles. The molecule has 2 N–H and O–H groups in total. The van der Waals surface area contributed by atoms with Crippen LogP contribution in [0.1, 0.15) is 28.4 Å². The summed E-state index contributed by atoms with van der Waals surface area (Å²) in [6.45, 7) is 8.87. The lowest BCUT2D eigenvalue weighted by Gasteiger charge is -2.37. The molecule has 2 amide bonds. The van der Waals surface area contributed by atoms with E-state index in [9.17, 15) is 9.59 Å². The molecule has 0 aromatic heterocycles. The lowest BCUT2D eigenvalue weighted by atomic mass is 10.1. The molecule has 1 heterocycles. The van der Waals surface area contributed by atoms with Crippen LogP contribution in [0.3, 0.4) is 0 Å². The highest BCUT2D eigenvalue weighted by Crippen LogP contribution is 2.23. The Morgan fingerprint density at radius 2 is 1.58 bits per heavy atom. The lowest BCUT2D eigenvalue weighted by molar-refractivity contribution is -0.481. The van der Waals surface area contributed by atoms with Gasteiger partial charge in [0.15, 0.2) is 0 Å². The minimum atomic E-state index is 0.00611. The zero-order chi connectivity index (χ0) is 18.7. The molecule has 2 aromatic rings. The maximum Gasteiger partial charge on any atom is 0.312 e. The van der Waals surface area contributed by atoms with Crippen LogP contribution in [0.2, 0.25) is 0 Å². The van der Waals surface area contributed by atoms with Gasteiger partial charge in [-0.2, -0.15) is 0 Å². The standard InChI is InChI=1S/C21H25N3O2/c1-15-4-9-20(16(2)14-15)23-10-12-24(13-11-23)21(26)18-5-7-19(8-6-18)22-17(3)25/h4-9,14H,10-13H2,1-3H3,(H,22,25)/p+1. The maximum atomic E-state index is 12.7. The van der Waals surface area contributed by atoms with E-state index in [0.717, 1.165) is 18.8 Å². The number of amides is 2. The monoisotopic (exact) mass is 352 g/mol. The van der Waals surface area contributed by atoms with Crippen molar-refractivity contribution < 1.29 is 14.9 Å². The van der Waals surface area contributed by atoms with Gasteiger partial charge in [0, 0.05) is 49.6 Å². The van der Waals surface area contributed by atoms with Crippen molar-refractivity contribution in [2.75, 3.05) is 31.1 Å². The molecule has 0 unspecified atom stereocenters. The molecule has 0 aliphatic carbocycles. The fourth-order valence-electron chi connectivity index (χ4n) is 3.45. The Kier molecular flexibility index (Phi) is 5.38. The van der Waals surface area contributed by atoms with Crippen molar-refractivity contribution >= 4 is 23.2 Å². The Labute approximate surface area is 154 Å². The summed E-state index contributed by atoms with van der Waals surface area (Å²) in [6.07, 6.45) is 0. The number of carbonyl (C=O) groups excluding carboxylic acids is 2. The van der Waals surface area contributed by atoms with Crippen molar-refractivity contribution in [3.05, 3.63) is 59.2 Å². The van der Waals surface area contributed by atoms with Gasteiger partial charge < -0.3 is 9.80 Å². The third-order valence-corrected chi connectivity index (χ3v) is 4.79. The zero-order valence-corrected chi connectivity index (χ0v) is 15.7. The molecule has 1 fully saturated rings. The van der Waals surface area contributed by atoms with Gasteiger partial charge in [-0.05, 0) is 37.6 Å². The Morgan fingerprint density at radius 3 is 2.15 bits per heavy atom. The van der Waals surface area contributed by atoms with Crippen LogP contribution < -0.4 is 10.2 Å². The van der Waals surface area contributed by atoms with Crippen molar-refractivity contribution in [2.24, 2.45) is 0 Å². The number of piperazine rings is 1. The van der Waals surface area contributed by atoms with E-state index in [1.165, 1.54) is 23.7 Å². The van der Waals surface area contributed by atoms with Gasteiger partial charge in [-0.3, -0.25) is 10.1 Å². The molecule has 0 saturated carbocycles. The zero-order valence-electron chi connectivity index (χ0n) is 15.7. The SMILES string of the molecule is CC(=O)[NH2+]c1ccc(C(=O)N2CCN(c3ccc(C)cc3C)CC2)cc1. The number of nitrogens with zero attached hydrogens (tertiary/aromatic N) is 2. The molecule has 1 aliphatic heterocycles. The van der Waals surface area contributed by atoms with Gasteiger partial charge in [0.25, 0.3) is 5.91 Å². The van der Waals surface area contributed by atoms with E-state index in [0.29, 0.717) is 18.7 Å². The third-order valence-electron chi connectivity index (χ3n) is 4.79. The molecule has 26 heavy (non-hydrogen) atoms. The van der Waals surface area contributed by atoms with Crippen LogP contribution in [0.4, 0.5) is 11.4 Å². The van der Waals surface area contributed by atoms with Crippen LogP contribution in [0.5, 0.6) is 0 Å². The van der Waals surface area contributed by atoms with Gasteiger partial charge in [-0.25, -0.2) is 4.79 Å². The normalized spacial score (nSPS) is 14.4. The van der Waals surface area contributed by atoms with Crippen LogP contribution in [0, 0.1) is 13.8 Å². The van der Waals surface area contributed by atoms with Crippen LogP contribution in [-0.2, 0) is 4.79 Å². The number of hydrogen-bond donors (Lipinski definition) is 1. The highest BCUT2D eigenvalue weighted by molar-refractivity contribution is 5.94. The number of rotatable bonds is 3. The van der Waals surface area contributed by atoms with Gasteiger partial charge in [0.05, 0.1) is 6.92 Å². The first-order valence-corrected chi connectivity index (χ1v) is 9.01. The molecule has 1 aliphatic rings. The Morgan fingerprint density at radius 1 is 0.923 bits per heavy atom. The van der Waals surface area contributed by atoms with Crippen molar-refractivity contribution in [3.8, 4) is 0 Å². The molecule has 0 spiro atoms. The fourth-order valence-corrected chi connectivity index (χ4v) is 3.45. The quantitative estimate of drug-likeness (QED) is 0.860. The Bertz CT molecular complexity index is 807. The average molecular weight is 352 g/mol. The fraction of sp³-hybridized carbons (Fsp3) is 0.333. The smallest absolute Gasteiger partial charge is 0.312 e. The molecule has 5 heteroatoms. The number of hydrogen-bond acceptors (Lipinski definition) is 3. The molecule has 1 saturated heterocycles. The van der Waals surface area contributed by atoms with E-state index < -0.39 is 0 Å². The number of benzene rings is 2. The number of nitrogens with two attached hydrogens (primary N) is 1. The topological polar surface area (TPSA) is 57.2 Å². The van der Waals surface area contributed by atoms with Crippen LogP contribution in [0.15, 0.2) is 42.5 Å². The summed E-state index contributed by atoms with van der Waals surface area (Å²) in [6, 6.07) is 13.8. The van der Waals surface area contributed by atoms with E-state index >= 15 is 0 Å². The molecule has 3 rings (SSSR count). The molecular formula is C21H26N3O2+.